The van der Waals surface area contributed by atoms with Crippen molar-refractivity contribution in [3.05, 3.63) is 57.7 Å². The first-order chi connectivity index (χ1) is 9.75. The van der Waals surface area contributed by atoms with Crippen molar-refractivity contribution in [1.29, 1.82) is 0 Å². The summed E-state index contributed by atoms with van der Waals surface area (Å²) < 4.78 is 6.64. The maximum absolute atomic E-state index is 12.3. The molecule has 4 heteroatoms. The van der Waals surface area contributed by atoms with E-state index in [4.69, 9.17) is 4.74 Å². The van der Waals surface area contributed by atoms with Gasteiger partial charge >= 0.3 is 0 Å². The van der Waals surface area contributed by atoms with Crippen LogP contribution in [0.2, 0.25) is 0 Å². The van der Waals surface area contributed by atoms with Crippen molar-refractivity contribution in [1.82, 2.24) is 0 Å². The Morgan fingerprint density at radius 2 is 1.90 bits per heavy atom. The van der Waals surface area contributed by atoms with Gasteiger partial charge in [0.15, 0.2) is 6.61 Å². The topological polar surface area (TPSA) is 29.5 Å². The van der Waals surface area contributed by atoms with Crippen LogP contribution in [0.15, 0.2) is 48.5 Å². The number of anilines is 1. The fourth-order valence-corrected chi connectivity index (χ4v) is 2.92. The van der Waals surface area contributed by atoms with Crippen molar-refractivity contribution >= 4 is 34.2 Å². The Morgan fingerprint density at radius 1 is 1.15 bits per heavy atom. The first-order valence-electron chi connectivity index (χ1n) is 6.51. The fraction of sp³-hybridized carbons (Fsp3) is 0.188. The van der Waals surface area contributed by atoms with Crippen LogP contribution in [0.4, 0.5) is 5.69 Å². The van der Waals surface area contributed by atoms with Gasteiger partial charge in [-0.05, 0) is 52.8 Å². The number of halogens is 1. The van der Waals surface area contributed by atoms with Gasteiger partial charge in [0.2, 0.25) is 0 Å². The Labute approximate surface area is 131 Å². The molecular formula is C16H14INO2. The van der Waals surface area contributed by atoms with E-state index in [9.17, 15) is 4.79 Å². The molecule has 0 bridgehead atoms. The van der Waals surface area contributed by atoms with Crippen LogP contribution in [0.25, 0.3) is 0 Å². The lowest BCUT2D eigenvalue weighted by Crippen LogP contribution is -2.33. The Hall–Kier alpha value is -1.56. The largest absolute Gasteiger partial charge is 0.483 e. The van der Waals surface area contributed by atoms with E-state index in [-0.39, 0.29) is 12.5 Å². The van der Waals surface area contributed by atoms with E-state index in [1.165, 1.54) is 5.56 Å². The number of ether oxygens (including phenoxy) is 1. The molecule has 0 radical (unpaired) electrons. The summed E-state index contributed by atoms with van der Waals surface area (Å²) in [6.07, 6.45) is 0.921. The summed E-state index contributed by atoms with van der Waals surface area (Å²) in [6, 6.07) is 15.7. The van der Waals surface area contributed by atoms with Crippen molar-refractivity contribution < 1.29 is 9.53 Å². The number of para-hydroxylation sites is 2. The maximum Gasteiger partial charge on any atom is 0.264 e. The molecular weight excluding hydrogens is 365 g/mol. The summed E-state index contributed by atoms with van der Waals surface area (Å²) in [6.45, 7) is 0.821. The number of carbonyl (C=O) groups excluding carboxylic acids is 1. The minimum absolute atomic E-state index is 0.00889. The zero-order chi connectivity index (χ0) is 13.9. The van der Waals surface area contributed by atoms with E-state index in [0.717, 1.165) is 28.0 Å². The second-order valence-corrected chi connectivity index (χ2v) is 5.81. The van der Waals surface area contributed by atoms with E-state index < -0.39 is 0 Å². The predicted octanol–water partition coefficient (Wildman–Crippen LogP) is 3.26. The summed E-state index contributed by atoms with van der Waals surface area (Å²) in [5.41, 5.74) is 2.25. The third kappa shape index (κ3) is 2.65. The molecule has 0 saturated heterocycles. The molecule has 20 heavy (non-hydrogen) atoms. The normalized spacial score (nSPS) is 13.2. The van der Waals surface area contributed by atoms with Crippen LogP contribution >= 0.6 is 22.6 Å². The highest BCUT2D eigenvalue weighted by Crippen LogP contribution is 2.27. The van der Waals surface area contributed by atoms with Gasteiger partial charge in [0.25, 0.3) is 5.91 Å². The number of hydrogen-bond acceptors (Lipinski definition) is 2. The van der Waals surface area contributed by atoms with Gasteiger partial charge in [-0.2, -0.15) is 0 Å². The second-order valence-electron chi connectivity index (χ2n) is 4.64. The Balaban J connectivity index is 1.68. The molecule has 1 aliphatic rings. The smallest absolute Gasteiger partial charge is 0.264 e. The summed E-state index contributed by atoms with van der Waals surface area (Å²) in [7, 11) is 0. The standard InChI is InChI=1S/C16H14INO2/c17-13-6-2-4-8-15(13)20-11-16(19)18-10-9-12-5-1-3-7-14(12)18/h1-8H,9-11H2. The minimum Gasteiger partial charge on any atom is -0.483 e. The highest BCUT2D eigenvalue weighted by molar-refractivity contribution is 14.1. The van der Waals surface area contributed by atoms with Crippen molar-refractivity contribution in [2.75, 3.05) is 18.1 Å². The van der Waals surface area contributed by atoms with Crippen molar-refractivity contribution in [3.8, 4) is 5.75 Å². The summed E-state index contributed by atoms with van der Waals surface area (Å²) >= 11 is 2.21. The minimum atomic E-state index is 0.00889. The van der Waals surface area contributed by atoms with Gasteiger partial charge in [0.1, 0.15) is 5.75 Å². The molecule has 2 aromatic rings. The molecule has 0 saturated carbocycles. The molecule has 0 atom stereocenters. The number of fused-ring (bicyclic) bond motifs is 1. The quantitative estimate of drug-likeness (QED) is 0.767. The van der Waals surface area contributed by atoms with Crippen molar-refractivity contribution in [3.63, 3.8) is 0 Å². The third-order valence-corrected chi connectivity index (χ3v) is 4.27. The molecule has 0 N–H and O–H groups in total. The van der Waals surface area contributed by atoms with E-state index in [0.29, 0.717) is 0 Å². The molecule has 0 aromatic heterocycles. The van der Waals surface area contributed by atoms with Crippen LogP contribution in [-0.2, 0) is 11.2 Å². The lowest BCUT2D eigenvalue weighted by molar-refractivity contribution is -0.120. The maximum atomic E-state index is 12.3. The summed E-state index contributed by atoms with van der Waals surface area (Å²) in [5.74, 6) is 0.767. The summed E-state index contributed by atoms with van der Waals surface area (Å²) in [5, 5.41) is 0. The zero-order valence-electron chi connectivity index (χ0n) is 10.9. The Bertz CT molecular complexity index is 642. The number of amides is 1. The first kappa shape index (κ1) is 13.4. The molecule has 3 nitrogen and oxygen atoms in total. The number of hydrogen-bond donors (Lipinski definition) is 0. The monoisotopic (exact) mass is 379 g/mol. The molecule has 0 aliphatic carbocycles. The van der Waals surface area contributed by atoms with E-state index in [1.807, 2.05) is 47.4 Å². The Kier molecular flexibility index (Phi) is 3.91. The second kappa shape index (κ2) is 5.83. The van der Waals surface area contributed by atoms with Crippen molar-refractivity contribution in [2.45, 2.75) is 6.42 Å². The molecule has 0 unspecified atom stereocenters. The molecule has 0 spiro atoms. The van der Waals surface area contributed by atoms with Gasteiger partial charge in [-0.1, -0.05) is 30.3 Å². The van der Waals surface area contributed by atoms with Gasteiger partial charge in [0, 0.05) is 12.2 Å². The molecule has 1 amide bonds. The zero-order valence-corrected chi connectivity index (χ0v) is 13.0. The number of benzene rings is 2. The van der Waals surface area contributed by atoms with Gasteiger partial charge in [0.05, 0.1) is 3.57 Å². The van der Waals surface area contributed by atoms with Crippen LogP contribution in [-0.4, -0.2) is 19.1 Å². The molecule has 0 fully saturated rings. The van der Waals surface area contributed by atoms with Crippen LogP contribution in [0, 0.1) is 3.57 Å². The van der Waals surface area contributed by atoms with Crippen LogP contribution in [0.5, 0.6) is 5.75 Å². The fourth-order valence-electron chi connectivity index (χ4n) is 2.38. The van der Waals surface area contributed by atoms with Crippen LogP contribution in [0.3, 0.4) is 0 Å². The van der Waals surface area contributed by atoms with Crippen molar-refractivity contribution in [2.24, 2.45) is 0 Å². The SMILES string of the molecule is O=C(COc1ccccc1I)N1CCc2ccccc21. The number of rotatable bonds is 3. The van der Waals surface area contributed by atoms with Crippen LogP contribution in [0.1, 0.15) is 5.56 Å². The number of nitrogens with zero attached hydrogens (tertiary/aromatic N) is 1. The Morgan fingerprint density at radius 3 is 2.75 bits per heavy atom. The molecule has 102 valence electrons. The van der Waals surface area contributed by atoms with Crippen LogP contribution < -0.4 is 9.64 Å². The third-order valence-electron chi connectivity index (χ3n) is 3.38. The van der Waals surface area contributed by atoms with E-state index >= 15 is 0 Å². The van der Waals surface area contributed by atoms with E-state index in [2.05, 4.69) is 28.7 Å². The molecule has 1 heterocycles. The van der Waals surface area contributed by atoms with Gasteiger partial charge < -0.3 is 9.64 Å². The highest BCUT2D eigenvalue weighted by Gasteiger charge is 2.24. The van der Waals surface area contributed by atoms with Gasteiger partial charge in [-0.15, -0.1) is 0 Å². The molecule has 1 aliphatic heterocycles. The number of carbonyl (C=O) groups is 1. The summed E-state index contributed by atoms with van der Waals surface area (Å²) in [4.78, 5) is 14.1. The van der Waals surface area contributed by atoms with Gasteiger partial charge in [-0.3, -0.25) is 4.79 Å². The average Bonchev–Trinajstić information content (AvgIpc) is 2.90. The molecule has 3 rings (SSSR count). The van der Waals surface area contributed by atoms with E-state index in [1.54, 1.807) is 0 Å². The average molecular weight is 379 g/mol. The highest BCUT2D eigenvalue weighted by atomic mass is 127. The lowest BCUT2D eigenvalue weighted by Gasteiger charge is -2.17. The first-order valence-corrected chi connectivity index (χ1v) is 7.59. The molecule has 2 aromatic carbocycles. The lowest BCUT2D eigenvalue weighted by atomic mass is 10.2. The van der Waals surface area contributed by atoms with Gasteiger partial charge in [-0.25, -0.2) is 0 Å². The predicted molar refractivity (Wildman–Crippen MR) is 87.2 cm³/mol.